The van der Waals surface area contributed by atoms with Crippen molar-refractivity contribution in [1.29, 1.82) is 0 Å². The molecule has 0 radical (unpaired) electrons. The van der Waals surface area contributed by atoms with Crippen LogP contribution in [0.25, 0.3) is 0 Å². The lowest BCUT2D eigenvalue weighted by atomic mass is 10.2. The molecule has 0 aliphatic carbocycles. The van der Waals surface area contributed by atoms with E-state index in [1.807, 2.05) is 0 Å². The molecule has 1 unspecified atom stereocenters. The van der Waals surface area contributed by atoms with Crippen molar-refractivity contribution in [2.45, 2.75) is 6.04 Å². The number of carbonyl (C=O) groups is 1. The maximum atomic E-state index is 12.0. The molecule has 1 atom stereocenters. The Morgan fingerprint density at radius 2 is 2.15 bits per heavy atom. The summed E-state index contributed by atoms with van der Waals surface area (Å²) in [5, 5.41) is 5.94. The number of carbonyl (C=O) groups excluding carboxylic acids is 1. The third kappa shape index (κ3) is 4.69. The van der Waals surface area contributed by atoms with Gasteiger partial charge in [0.1, 0.15) is 0 Å². The average Bonchev–Trinajstić information content (AvgIpc) is 2.38. The second-order valence-corrected chi connectivity index (χ2v) is 7.42. The molecule has 0 aromatic heterocycles. The van der Waals surface area contributed by atoms with E-state index in [9.17, 15) is 13.2 Å². The third-order valence-electron chi connectivity index (χ3n) is 2.67. The number of anilines is 2. The van der Waals surface area contributed by atoms with Gasteiger partial charge < -0.3 is 10.6 Å². The number of benzene rings is 1. The van der Waals surface area contributed by atoms with Crippen molar-refractivity contribution in [2.24, 2.45) is 0 Å². The SMILES string of the molecule is CS(=O)(=O)Nc1cccc(NC(=O)C2CSCCN2)c1. The van der Waals surface area contributed by atoms with Gasteiger partial charge in [0.25, 0.3) is 0 Å². The summed E-state index contributed by atoms with van der Waals surface area (Å²) in [6.45, 7) is 0.818. The molecular formula is C12H17N3O3S2. The number of thioether (sulfide) groups is 1. The lowest BCUT2D eigenvalue weighted by molar-refractivity contribution is -0.117. The van der Waals surface area contributed by atoms with Crippen molar-refractivity contribution < 1.29 is 13.2 Å². The smallest absolute Gasteiger partial charge is 0.242 e. The molecule has 8 heteroatoms. The molecule has 0 spiro atoms. The topological polar surface area (TPSA) is 87.3 Å². The molecule has 1 aromatic carbocycles. The zero-order chi connectivity index (χ0) is 14.6. The lowest BCUT2D eigenvalue weighted by Crippen LogP contribution is -2.46. The quantitative estimate of drug-likeness (QED) is 0.761. The highest BCUT2D eigenvalue weighted by Crippen LogP contribution is 2.17. The molecule has 1 heterocycles. The van der Waals surface area contributed by atoms with E-state index in [4.69, 9.17) is 0 Å². The van der Waals surface area contributed by atoms with Gasteiger partial charge in [-0.2, -0.15) is 11.8 Å². The van der Waals surface area contributed by atoms with Crippen LogP contribution >= 0.6 is 11.8 Å². The highest BCUT2D eigenvalue weighted by Gasteiger charge is 2.20. The van der Waals surface area contributed by atoms with Crippen LogP contribution in [0, 0.1) is 0 Å². The van der Waals surface area contributed by atoms with Gasteiger partial charge in [0.05, 0.1) is 18.0 Å². The first-order valence-electron chi connectivity index (χ1n) is 6.14. The Labute approximate surface area is 122 Å². The molecule has 1 aliphatic heterocycles. The van der Waals surface area contributed by atoms with Crippen LogP contribution < -0.4 is 15.4 Å². The van der Waals surface area contributed by atoms with Crippen LogP contribution in [0.2, 0.25) is 0 Å². The van der Waals surface area contributed by atoms with E-state index in [0.717, 1.165) is 24.3 Å². The molecule has 1 fully saturated rings. The van der Waals surface area contributed by atoms with Gasteiger partial charge in [-0.15, -0.1) is 0 Å². The predicted octanol–water partition coefficient (Wildman–Crippen LogP) is 0.702. The Morgan fingerprint density at radius 3 is 2.80 bits per heavy atom. The fourth-order valence-corrected chi connectivity index (χ4v) is 3.33. The van der Waals surface area contributed by atoms with Crippen LogP contribution in [0.1, 0.15) is 0 Å². The van der Waals surface area contributed by atoms with E-state index in [2.05, 4.69) is 15.4 Å². The van der Waals surface area contributed by atoms with Crippen LogP contribution in [0.4, 0.5) is 11.4 Å². The zero-order valence-corrected chi connectivity index (χ0v) is 12.7. The zero-order valence-electron chi connectivity index (χ0n) is 11.0. The minimum absolute atomic E-state index is 0.103. The second-order valence-electron chi connectivity index (χ2n) is 4.53. The maximum Gasteiger partial charge on any atom is 0.242 e. The molecule has 20 heavy (non-hydrogen) atoms. The summed E-state index contributed by atoms with van der Waals surface area (Å²) in [5.41, 5.74) is 0.998. The van der Waals surface area contributed by atoms with Gasteiger partial charge >= 0.3 is 0 Å². The van der Waals surface area contributed by atoms with Crippen molar-refractivity contribution in [3.63, 3.8) is 0 Å². The van der Waals surface area contributed by atoms with Crippen molar-refractivity contribution >= 4 is 39.1 Å². The molecule has 1 saturated heterocycles. The molecular weight excluding hydrogens is 298 g/mol. The van der Waals surface area contributed by atoms with E-state index in [1.54, 1.807) is 36.0 Å². The highest BCUT2D eigenvalue weighted by molar-refractivity contribution is 7.99. The Bertz CT molecular complexity index is 583. The van der Waals surface area contributed by atoms with Crippen molar-refractivity contribution in [1.82, 2.24) is 5.32 Å². The minimum atomic E-state index is -3.32. The van der Waals surface area contributed by atoms with Gasteiger partial charge in [0, 0.05) is 23.7 Å². The average molecular weight is 315 g/mol. The summed E-state index contributed by atoms with van der Waals surface area (Å²) in [6.07, 6.45) is 1.08. The van der Waals surface area contributed by atoms with Crippen LogP contribution in [0.3, 0.4) is 0 Å². The van der Waals surface area contributed by atoms with Gasteiger partial charge in [0.2, 0.25) is 15.9 Å². The van der Waals surface area contributed by atoms with E-state index in [1.165, 1.54) is 0 Å². The molecule has 1 amide bonds. The molecule has 2 rings (SSSR count). The van der Waals surface area contributed by atoms with E-state index >= 15 is 0 Å². The lowest BCUT2D eigenvalue weighted by Gasteiger charge is -2.22. The first kappa shape index (κ1) is 15.1. The molecule has 6 nitrogen and oxygen atoms in total. The minimum Gasteiger partial charge on any atom is -0.325 e. The first-order valence-corrected chi connectivity index (χ1v) is 9.18. The van der Waals surface area contributed by atoms with Crippen molar-refractivity contribution in [3.8, 4) is 0 Å². The Kier molecular flexibility index (Phi) is 4.90. The van der Waals surface area contributed by atoms with Gasteiger partial charge in [-0.25, -0.2) is 8.42 Å². The molecule has 3 N–H and O–H groups in total. The summed E-state index contributed by atoms with van der Waals surface area (Å²) in [6, 6.07) is 6.42. The second kappa shape index (κ2) is 6.47. The summed E-state index contributed by atoms with van der Waals surface area (Å²) in [7, 11) is -3.32. The van der Waals surface area contributed by atoms with Gasteiger partial charge in [-0.3, -0.25) is 9.52 Å². The van der Waals surface area contributed by atoms with E-state index in [0.29, 0.717) is 11.4 Å². The van der Waals surface area contributed by atoms with Gasteiger partial charge in [-0.05, 0) is 18.2 Å². The Balaban J connectivity index is 2.02. The number of hydrogen-bond acceptors (Lipinski definition) is 5. The highest BCUT2D eigenvalue weighted by atomic mass is 32.2. The fourth-order valence-electron chi connectivity index (χ4n) is 1.84. The standard InChI is InChI=1S/C12H17N3O3S2/c1-20(17,18)15-10-4-2-3-9(7-10)14-12(16)11-8-19-6-5-13-11/h2-4,7,11,13,15H,5-6,8H2,1H3,(H,14,16). The number of rotatable bonds is 4. The van der Waals surface area contributed by atoms with E-state index in [-0.39, 0.29) is 11.9 Å². The Hall–Kier alpha value is -1.25. The number of amides is 1. The number of nitrogens with one attached hydrogen (secondary N) is 3. The molecule has 0 saturated carbocycles. The maximum absolute atomic E-state index is 12.0. The number of hydrogen-bond donors (Lipinski definition) is 3. The van der Waals surface area contributed by atoms with Crippen LogP contribution in [-0.2, 0) is 14.8 Å². The Morgan fingerprint density at radius 1 is 1.40 bits per heavy atom. The van der Waals surface area contributed by atoms with Gasteiger partial charge in [-0.1, -0.05) is 6.07 Å². The van der Waals surface area contributed by atoms with Gasteiger partial charge in [0.15, 0.2) is 0 Å². The first-order chi connectivity index (χ1) is 9.44. The van der Waals surface area contributed by atoms with E-state index < -0.39 is 10.0 Å². The predicted molar refractivity (Wildman–Crippen MR) is 82.7 cm³/mol. The monoisotopic (exact) mass is 315 g/mol. The fraction of sp³-hybridized carbons (Fsp3) is 0.417. The third-order valence-corrected chi connectivity index (χ3v) is 4.34. The van der Waals surface area contributed by atoms with Crippen LogP contribution in [0.15, 0.2) is 24.3 Å². The normalized spacial score (nSPS) is 19.4. The molecule has 110 valence electrons. The molecule has 1 aromatic rings. The largest absolute Gasteiger partial charge is 0.325 e. The molecule has 0 bridgehead atoms. The number of sulfonamides is 1. The van der Waals surface area contributed by atoms with Crippen molar-refractivity contribution in [2.75, 3.05) is 34.3 Å². The van der Waals surface area contributed by atoms with Crippen LogP contribution in [-0.4, -0.2) is 44.7 Å². The summed E-state index contributed by atoms with van der Waals surface area (Å²) in [5.74, 6) is 1.65. The van der Waals surface area contributed by atoms with Crippen LogP contribution in [0.5, 0.6) is 0 Å². The van der Waals surface area contributed by atoms with Crippen molar-refractivity contribution in [3.05, 3.63) is 24.3 Å². The summed E-state index contributed by atoms with van der Waals surface area (Å²) < 4.78 is 24.7. The summed E-state index contributed by atoms with van der Waals surface area (Å²) >= 11 is 1.74. The molecule has 1 aliphatic rings. The summed E-state index contributed by atoms with van der Waals surface area (Å²) in [4.78, 5) is 12.0.